The van der Waals surface area contributed by atoms with Crippen LogP contribution in [0.15, 0.2) is 67.0 Å². The van der Waals surface area contributed by atoms with E-state index in [2.05, 4.69) is 20.3 Å². The maximum Gasteiger partial charge on any atom is 0.252 e. The molecule has 0 spiro atoms. The van der Waals surface area contributed by atoms with Gasteiger partial charge in [-0.3, -0.25) is 14.6 Å². The van der Waals surface area contributed by atoms with Crippen LogP contribution in [0.4, 0.5) is 0 Å². The number of nitrogens with one attached hydrogen (secondary N) is 2. The lowest BCUT2D eigenvalue weighted by molar-refractivity contribution is -0.119. The molecule has 2 amide bonds. The molecule has 150 valence electrons. The molecule has 5 N–H and O–H groups in total. The Hall–Kier alpha value is -4.20. The number of hydrogen-bond donors (Lipinski definition) is 4. The van der Waals surface area contributed by atoms with Crippen molar-refractivity contribution in [3.8, 4) is 17.1 Å². The fourth-order valence-electron chi connectivity index (χ4n) is 3.13. The number of rotatable bonds is 6. The van der Waals surface area contributed by atoms with Crippen molar-refractivity contribution >= 4 is 22.8 Å². The number of carbonyl (C=O) groups is 2. The molecule has 1 atom stereocenters. The van der Waals surface area contributed by atoms with Gasteiger partial charge in [-0.15, -0.1) is 0 Å². The van der Waals surface area contributed by atoms with Gasteiger partial charge in [-0.1, -0.05) is 12.1 Å². The van der Waals surface area contributed by atoms with Gasteiger partial charge in [0, 0.05) is 29.9 Å². The lowest BCUT2D eigenvalue weighted by Gasteiger charge is -2.15. The number of carbonyl (C=O) groups excluding carboxylic acids is 2. The molecule has 2 heterocycles. The highest BCUT2D eigenvalue weighted by Crippen LogP contribution is 2.21. The summed E-state index contributed by atoms with van der Waals surface area (Å²) in [6, 6.07) is 14.2. The Morgan fingerprint density at radius 2 is 1.80 bits per heavy atom. The summed E-state index contributed by atoms with van der Waals surface area (Å²) in [4.78, 5) is 36.3. The summed E-state index contributed by atoms with van der Waals surface area (Å²) in [6.45, 7) is 0. The van der Waals surface area contributed by atoms with Gasteiger partial charge in [0.15, 0.2) is 0 Å². The van der Waals surface area contributed by atoms with Crippen LogP contribution in [-0.2, 0) is 11.2 Å². The standard InChI is InChI=1S/C22H19N5O3/c23-20(29)19(11-13-1-4-16(28)5-2-13)27-22(30)15-3-6-17-18(12-15)26-21(25-17)14-7-9-24-10-8-14/h1-10,12,19,28H,11H2,(H2,23,29)(H,25,26)(H,27,30). The predicted octanol–water partition coefficient (Wildman–Crippen LogP) is 2.16. The molecule has 1 unspecified atom stereocenters. The predicted molar refractivity (Wildman–Crippen MR) is 112 cm³/mol. The van der Waals surface area contributed by atoms with Gasteiger partial charge in [-0.05, 0) is 48.0 Å². The van der Waals surface area contributed by atoms with Crippen LogP contribution in [0, 0.1) is 0 Å². The number of aromatic amines is 1. The largest absolute Gasteiger partial charge is 0.508 e. The monoisotopic (exact) mass is 401 g/mol. The number of imidazole rings is 1. The summed E-state index contributed by atoms with van der Waals surface area (Å²) < 4.78 is 0. The lowest BCUT2D eigenvalue weighted by atomic mass is 10.0. The van der Waals surface area contributed by atoms with E-state index in [1.165, 1.54) is 12.1 Å². The second kappa shape index (κ2) is 8.04. The van der Waals surface area contributed by atoms with Crippen LogP contribution in [0.3, 0.4) is 0 Å². The van der Waals surface area contributed by atoms with Crippen LogP contribution in [0.1, 0.15) is 15.9 Å². The van der Waals surface area contributed by atoms with Gasteiger partial charge >= 0.3 is 0 Å². The van der Waals surface area contributed by atoms with Crippen molar-refractivity contribution < 1.29 is 14.7 Å². The number of H-pyrrole nitrogens is 1. The van der Waals surface area contributed by atoms with Crippen molar-refractivity contribution in [1.29, 1.82) is 0 Å². The summed E-state index contributed by atoms with van der Waals surface area (Å²) >= 11 is 0. The average molecular weight is 401 g/mol. The normalized spacial score (nSPS) is 11.9. The molecule has 2 aromatic heterocycles. The molecule has 30 heavy (non-hydrogen) atoms. The van der Waals surface area contributed by atoms with Crippen LogP contribution in [0.2, 0.25) is 0 Å². The fraction of sp³-hybridized carbons (Fsp3) is 0.0909. The molecular formula is C22H19N5O3. The number of phenols is 1. The number of phenolic OH excluding ortho intramolecular Hbond substituents is 1. The minimum atomic E-state index is -0.883. The molecule has 0 bridgehead atoms. The highest BCUT2D eigenvalue weighted by atomic mass is 16.3. The fourth-order valence-corrected chi connectivity index (χ4v) is 3.13. The highest BCUT2D eigenvalue weighted by molar-refractivity contribution is 6.00. The highest BCUT2D eigenvalue weighted by Gasteiger charge is 2.20. The molecule has 0 aliphatic rings. The van der Waals surface area contributed by atoms with E-state index < -0.39 is 17.9 Å². The van der Waals surface area contributed by atoms with E-state index in [0.29, 0.717) is 22.4 Å². The van der Waals surface area contributed by atoms with Crippen molar-refractivity contribution in [3.63, 3.8) is 0 Å². The summed E-state index contributed by atoms with van der Waals surface area (Å²) in [5, 5.41) is 12.1. The SMILES string of the molecule is NC(=O)C(Cc1ccc(O)cc1)NC(=O)c1ccc2nc(-c3ccncc3)[nH]c2c1. The molecule has 0 aliphatic heterocycles. The molecule has 8 heteroatoms. The third-order valence-corrected chi connectivity index (χ3v) is 4.72. The topological polar surface area (TPSA) is 134 Å². The zero-order valence-electron chi connectivity index (χ0n) is 15.9. The van der Waals surface area contributed by atoms with Crippen LogP contribution in [0.25, 0.3) is 22.4 Å². The molecule has 4 aromatic rings. The number of nitrogens with zero attached hydrogens (tertiary/aromatic N) is 2. The van der Waals surface area contributed by atoms with Gasteiger partial charge < -0.3 is 21.1 Å². The Labute approximate surface area is 171 Å². The van der Waals surface area contributed by atoms with E-state index in [9.17, 15) is 14.7 Å². The van der Waals surface area contributed by atoms with Gasteiger partial charge in [-0.25, -0.2) is 4.98 Å². The summed E-state index contributed by atoms with van der Waals surface area (Å²) in [6.07, 6.45) is 3.58. The van der Waals surface area contributed by atoms with E-state index in [1.54, 1.807) is 42.7 Å². The Balaban J connectivity index is 1.54. The van der Waals surface area contributed by atoms with Gasteiger partial charge in [0.1, 0.15) is 17.6 Å². The molecule has 4 rings (SSSR count). The number of aromatic nitrogens is 3. The van der Waals surface area contributed by atoms with Crippen molar-refractivity contribution in [1.82, 2.24) is 20.3 Å². The van der Waals surface area contributed by atoms with E-state index in [4.69, 9.17) is 5.73 Å². The molecule has 2 aromatic carbocycles. The van der Waals surface area contributed by atoms with Crippen molar-refractivity contribution in [2.45, 2.75) is 12.5 Å². The number of nitrogens with two attached hydrogens (primary N) is 1. The Morgan fingerprint density at radius 1 is 1.07 bits per heavy atom. The van der Waals surface area contributed by atoms with Crippen LogP contribution >= 0.6 is 0 Å². The van der Waals surface area contributed by atoms with Crippen LogP contribution in [-0.4, -0.2) is 37.9 Å². The van der Waals surface area contributed by atoms with Gasteiger partial charge in [0.2, 0.25) is 5.91 Å². The number of pyridine rings is 1. The van der Waals surface area contributed by atoms with E-state index in [-0.39, 0.29) is 12.2 Å². The Morgan fingerprint density at radius 3 is 2.50 bits per heavy atom. The third kappa shape index (κ3) is 4.12. The number of hydrogen-bond acceptors (Lipinski definition) is 5. The molecule has 0 fully saturated rings. The zero-order chi connectivity index (χ0) is 21.1. The first-order valence-corrected chi connectivity index (χ1v) is 9.28. The number of benzene rings is 2. The first kappa shape index (κ1) is 19.1. The lowest BCUT2D eigenvalue weighted by Crippen LogP contribution is -2.45. The van der Waals surface area contributed by atoms with Crippen molar-refractivity contribution in [2.75, 3.05) is 0 Å². The zero-order valence-corrected chi connectivity index (χ0v) is 15.9. The maximum absolute atomic E-state index is 12.7. The minimum Gasteiger partial charge on any atom is -0.508 e. The maximum atomic E-state index is 12.7. The van der Waals surface area contributed by atoms with Crippen molar-refractivity contribution in [3.05, 3.63) is 78.1 Å². The summed E-state index contributed by atoms with van der Waals surface area (Å²) in [7, 11) is 0. The van der Waals surface area contributed by atoms with E-state index >= 15 is 0 Å². The number of primary amides is 1. The molecule has 0 aliphatic carbocycles. The molecule has 0 saturated carbocycles. The van der Waals surface area contributed by atoms with Gasteiger partial charge in [0.05, 0.1) is 11.0 Å². The molecule has 8 nitrogen and oxygen atoms in total. The Bertz CT molecular complexity index is 1200. The second-order valence-electron chi connectivity index (χ2n) is 6.85. The minimum absolute atomic E-state index is 0.123. The smallest absolute Gasteiger partial charge is 0.252 e. The molecular weight excluding hydrogens is 382 g/mol. The second-order valence-corrected chi connectivity index (χ2v) is 6.85. The number of aromatic hydroxyl groups is 1. The first-order chi connectivity index (χ1) is 14.5. The van der Waals surface area contributed by atoms with Crippen molar-refractivity contribution in [2.24, 2.45) is 5.73 Å². The van der Waals surface area contributed by atoms with Gasteiger partial charge in [0.25, 0.3) is 5.91 Å². The number of fused-ring (bicyclic) bond motifs is 1. The molecule has 0 saturated heterocycles. The quantitative estimate of drug-likeness (QED) is 0.393. The van der Waals surface area contributed by atoms with E-state index in [0.717, 1.165) is 11.1 Å². The van der Waals surface area contributed by atoms with Crippen LogP contribution < -0.4 is 11.1 Å². The molecule has 0 radical (unpaired) electrons. The third-order valence-electron chi connectivity index (χ3n) is 4.72. The van der Waals surface area contributed by atoms with E-state index in [1.807, 2.05) is 12.1 Å². The summed E-state index contributed by atoms with van der Waals surface area (Å²) in [5.41, 5.74) is 8.92. The average Bonchev–Trinajstić information content (AvgIpc) is 3.18. The van der Waals surface area contributed by atoms with Crippen LogP contribution in [0.5, 0.6) is 5.75 Å². The Kier molecular flexibility index (Phi) is 5.13. The summed E-state index contributed by atoms with van der Waals surface area (Å²) in [5.74, 6) is -0.261. The first-order valence-electron chi connectivity index (χ1n) is 9.28. The van der Waals surface area contributed by atoms with Gasteiger partial charge in [-0.2, -0.15) is 0 Å². The number of amides is 2.